The third kappa shape index (κ3) is 6.53. The number of hydrogen-bond acceptors (Lipinski definition) is 6. The van der Waals surface area contributed by atoms with E-state index in [1.165, 1.54) is 4.88 Å². The average Bonchev–Trinajstić information content (AvgIpc) is 3.38. The molecule has 0 radical (unpaired) electrons. The number of aliphatic hydroxyl groups is 1. The molecule has 1 aromatic rings. The van der Waals surface area contributed by atoms with Gasteiger partial charge in [-0.2, -0.15) is 0 Å². The van der Waals surface area contributed by atoms with Crippen LogP contribution in [0.1, 0.15) is 23.8 Å². The number of rotatable bonds is 8. The Kier molecular flexibility index (Phi) is 10.4. The van der Waals surface area contributed by atoms with Gasteiger partial charge in [0.1, 0.15) is 0 Å². The summed E-state index contributed by atoms with van der Waals surface area (Å²) >= 11 is 1.80. The normalized spacial score (nSPS) is 24.6. The molecule has 0 amide bonds. The first-order chi connectivity index (χ1) is 13.3. The van der Waals surface area contributed by atoms with Gasteiger partial charge in [-0.15, -0.1) is 35.3 Å². The quantitative estimate of drug-likeness (QED) is 0.273. The van der Waals surface area contributed by atoms with E-state index in [-0.39, 0.29) is 36.0 Å². The van der Waals surface area contributed by atoms with Crippen LogP contribution in [0.15, 0.2) is 22.5 Å². The van der Waals surface area contributed by atoms with Crippen molar-refractivity contribution in [2.75, 3.05) is 66.3 Å². The number of nitrogens with one attached hydrogen (secondary N) is 2. The highest BCUT2D eigenvalue weighted by atomic mass is 127. The number of halogens is 1. The first kappa shape index (κ1) is 23.8. The zero-order chi connectivity index (χ0) is 19.0. The maximum absolute atomic E-state index is 9.40. The summed E-state index contributed by atoms with van der Waals surface area (Å²) < 4.78 is 11.1. The molecular weight excluding hydrogens is 491 g/mol. The lowest BCUT2D eigenvalue weighted by atomic mass is 9.84. The van der Waals surface area contributed by atoms with Crippen LogP contribution in [-0.2, 0) is 9.47 Å². The van der Waals surface area contributed by atoms with Gasteiger partial charge in [0, 0.05) is 56.7 Å². The molecule has 0 aromatic carbocycles. The van der Waals surface area contributed by atoms with E-state index >= 15 is 0 Å². The maximum Gasteiger partial charge on any atom is 0.191 e. The molecule has 2 saturated heterocycles. The van der Waals surface area contributed by atoms with E-state index in [9.17, 15) is 5.11 Å². The minimum absolute atomic E-state index is 0. The number of morpholine rings is 1. The molecule has 2 fully saturated rings. The number of aliphatic imine (C=N–C) groups is 1. The smallest absolute Gasteiger partial charge is 0.191 e. The first-order valence-corrected chi connectivity index (χ1v) is 10.6. The van der Waals surface area contributed by atoms with Gasteiger partial charge >= 0.3 is 0 Å². The number of aliphatic hydroxyl groups excluding tert-OH is 1. The summed E-state index contributed by atoms with van der Waals surface area (Å²) in [4.78, 5) is 8.23. The predicted molar refractivity (Wildman–Crippen MR) is 124 cm³/mol. The second kappa shape index (κ2) is 12.3. The largest absolute Gasteiger partial charge is 0.396 e. The Balaban J connectivity index is 0.00000280. The van der Waals surface area contributed by atoms with Crippen LogP contribution in [0, 0.1) is 5.41 Å². The van der Waals surface area contributed by atoms with Crippen LogP contribution in [0.5, 0.6) is 0 Å². The van der Waals surface area contributed by atoms with Crippen LogP contribution in [0.4, 0.5) is 0 Å². The molecule has 2 aliphatic rings. The van der Waals surface area contributed by atoms with Gasteiger partial charge in [0.15, 0.2) is 5.96 Å². The van der Waals surface area contributed by atoms with Gasteiger partial charge < -0.3 is 25.2 Å². The topological polar surface area (TPSA) is 78.4 Å². The molecule has 2 atom stereocenters. The fourth-order valence-corrected chi connectivity index (χ4v) is 4.64. The van der Waals surface area contributed by atoms with Gasteiger partial charge in [-0.1, -0.05) is 6.07 Å². The third-order valence-electron chi connectivity index (χ3n) is 5.50. The van der Waals surface area contributed by atoms with Crippen molar-refractivity contribution in [1.29, 1.82) is 0 Å². The summed E-state index contributed by atoms with van der Waals surface area (Å²) in [6.45, 7) is 6.69. The second-order valence-electron chi connectivity index (χ2n) is 7.26. The van der Waals surface area contributed by atoms with Crippen molar-refractivity contribution >= 4 is 41.3 Å². The van der Waals surface area contributed by atoms with E-state index < -0.39 is 0 Å². The molecule has 0 aliphatic carbocycles. The summed E-state index contributed by atoms with van der Waals surface area (Å²) in [5, 5.41) is 18.5. The van der Waals surface area contributed by atoms with Crippen LogP contribution in [-0.4, -0.2) is 82.2 Å². The van der Waals surface area contributed by atoms with E-state index in [4.69, 9.17) is 9.47 Å². The van der Waals surface area contributed by atoms with Crippen molar-refractivity contribution < 1.29 is 14.6 Å². The van der Waals surface area contributed by atoms with E-state index in [2.05, 4.69) is 38.0 Å². The minimum atomic E-state index is 0. The van der Waals surface area contributed by atoms with Crippen molar-refractivity contribution in [2.45, 2.75) is 18.9 Å². The van der Waals surface area contributed by atoms with E-state index in [1.54, 1.807) is 18.4 Å². The first-order valence-electron chi connectivity index (χ1n) is 9.75. The Morgan fingerprint density at radius 3 is 2.75 bits per heavy atom. The molecule has 2 aliphatic heterocycles. The standard InChI is InChI=1S/C19H32N4O3S.HI/c1-20-18(22-14-19(4-8-24)5-9-26-15-19)21-13-16(17-3-2-12-27-17)23-6-10-25-11-7-23;/h2-3,12,16,24H,4-11,13-15H2,1H3,(H2,20,21,22);1H. The van der Waals surface area contributed by atoms with Gasteiger partial charge in [0.05, 0.1) is 25.9 Å². The molecule has 2 unspecified atom stereocenters. The van der Waals surface area contributed by atoms with E-state index in [0.717, 1.165) is 64.8 Å². The zero-order valence-corrected chi connectivity index (χ0v) is 19.7. The van der Waals surface area contributed by atoms with Gasteiger partial charge in [-0.25, -0.2) is 0 Å². The molecule has 1 aromatic heterocycles. The highest BCUT2D eigenvalue weighted by Gasteiger charge is 2.34. The molecule has 7 nitrogen and oxygen atoms in total. The lowest BCUT2D eigenvalue weighted by Crippen LogP contribution is -2.48. The predicted octanol–water partition coefficient (Wildman–Crippen LogP) is 1.69. The van der Waals surface area contributed by atoms with Crippen LogP contribution < -0.4 is 10.6 Å². The van der Waals surface area contributed by atoms with Crippen LogP contribution in [0.25, 0.3) is 0 Å². The van der Waals surface area contributed by atoms with E-state index in [0.29, 0.717) is 12.6 Å². The van der Waals surface area contributed by atoms with Gasteiger partial charge in [0.2, 0.25) is 0 Å². The molecule has 9 heteroatoms. The Hall–Kier alpha value is -0.460. The Morgan fingerprint density at radius 2 is 2.14 bits per heavy atom. The summed E-state index contributed by atoms with van der Waals surface area (Å²) in [6, 6.07) is 4.63. The van der Waals surface area contributed by atoms with Crippen LogP contribution >= 0.6 is 35.3 Å². The van der Waals surface area contributed by atoms with Crippen molar-refractivity contribution in [1.82, 2.24) is 15.5 Å². The zero-order valence-electron chi connectivity index (χ0n) is 16.6. The number of thiophene rings is 1. The van der Waals surface area contributed by atoms with Gasteiger partial charge in [-0.05, 0) is 24.3 Å². The lowest BCUT2D eigenvalue weighted by molar-refractivity contribution is 0.0177. The van der Waals surface area contributed by atoms with Crippen molar-refractivity contribution in [3.05, 3.63) is 22.4 Å². The maximum atomic E-state index is 9.40. The van der Waals surface area contributed by atoms with Crippen molar-refractivity contribution in [2.24, 2.45) is 10.4 Å². The van der Waals surface area contributed by atoms with Crippen LogP contribution in [0.2, 0.25) is 0 Å². The van der Waals surface area contributed by atoms with Gasteiger partial charge in [0.25, 0.3) is 0 Å². The summed E-state index contributed by atoms with van der Waals surface area (Å²) in [5.74, 6) is 0.800. The molecule has 0 spiro atoms. The molecule has 3 N–H and O–H groups in total. The molecule has 28 heavy (non-hydrogen) atoms. The van der Waals surface area contributed by atoms with Crippen LogP contribution in [0.3, 0.4) is 0 Å². The number of guanidine groups is 1. The fourth-order valence-electron chi connectivity index (χ4n) is 3.78. The Morgan fingerprint density at radius 1 is 1.32 bits per heavy atom. The second-order valence-corrected chi connectivity index (χ2v) is 8.24. The van der Waals surface area contributed by atoms with Gasteiger partial charge in [-0.3, -0.25) is 9.89 Å². The molecule has 3 rings (SSSR count). The molecule has 3 heterocycles. The fraction of sp³-hybridized carbons (Fsp3) is 0.737. The van der Waals surface area contributed by atoms with E-state index in [1.807, 2.05) is 0 Å². The SMILES string of the molecule is CN=C(NCC(c1cccs1)N1CCOCC1)NCC1(CCO)CCOC1.I. The lowest BCUT2D eigenvalue weighted by Gasteiger charge is -2.34. The average molecular weight is 524 g/mol. The highest BCUT2D eigenvalue weighted by molar-refractivity contribution is 14.0. The van der Waals surface area contributed by atoms with Crippen molar-refractivity contribution in [3.8, 4) is 0 Å². The third-order valence-corrected chi connectivity index (χ3v) is 6.48. The molecule has 0 bridgehead atoms. The molecule has 0 saturated carbocycles. The number of nitrogens with zero attached hydrogens (tertiary/aromatic N) is 2. The Labute approximate surface area is 188 Å². The summed E-state index contributed by atoms with van der Waals surface area (Å²) in [6.07, 6.45) is 1.73. The Bertz CT molecular complexity index is 576. The number of hydrogen-bond donors (Lipinski definition) is 3. The minimum Gasteiger partial charge on any atom is -0.396 e. The monoisotopic (exact) mass is 524 g/mol. The summed E-state index contributed by atoms with van der Waals surface area (Å²) in [7, 11) is 1.80. The highest BCUT2D eigenvalue weighted by Crippen LogP contribution is 2.31. The molecular formula is C19H33IN4O3S. The number of ether oxygens (including phenoxy) is 2. The molecule has 160 valence electrons. The summed E-state index contributed by atoms with van der Waals surface area (Å²) in [5.41, 5.74) is 0.00370. The van der Waals surface area contributed by atoms with Crippen molar-refractivity contribution in [3.63, 3.8) is 0 Å².